The van der Waals surface area contributed by atoms with Crippen LogP contribution in [-0.4, -0.2) is 12.6 Å². The molecule has 0 fully saturated rings. The van der Waals surface area contributed by atoms with E-state index in [1.165, 1.54) is 12.1 Å². The maximum Gasteiger partial charge on any atom is 0.133 e. The predicted molar refractivity (Wildman–Crippen MR) is 78.8 cm³/mol. The number of furan rings is 1. The second-order valence-electron chi connectivity index (χ2n) is 5.29. The van der Waals surface area contributed by atoms with E-state index in [2.05, 4.69) is 0 Å². The summed E-state index contributed by atoms with van der Waals surface area (Å²) in [4.78, 5) is 0. The van der Waals surface area contributed by atoms with Crippen LogP contribution in [0.5, 0.6) is 5.75 Å². The Labute approximate surface area is 121 Å². The number of fused-ring (bicyclic) bond motifs is 2. The molecule has 0 saturated heterocycles. The van der Waals surface area contributed by atoms with Gasteiger partial charge in [0, 0.05) is 29.5 Å². The van der Waals surface area contributed by atoms with Crippen molar-refractivity contribution in [3.8, 4) is 16.9 Å². The Hall–Kier alpha value is -2.33. The largest absolute Gasteiger partial charge is 0.488 e. The van der Waals surface area contributed by atoms with Crippen LogP contribution in [0.4, 0.5) is 4.39 Å². The average Bonchev–Trinajstić information content (AvgIpc) is 3.11. The molecule has 0 spiro atoms. The van der Waals surface area contributed by atoms with E-state index in [0.717, 1.165) is 33.4 Å². The summed E-state index contributed by atoms with van der Waals surface area (Å²) in [5, 5.41) is 0.985. The number of rotatable bonds is 2. The van der Waals surface area contributed by atoms with Crippen molar-refractivity contribution in [2.75, 3.05) is 6.54 Å². The van der Waals surface area contributed by atoms with Crippen molar-refractivity contribution in [3.63, 3.8) is 0 Å². The monoisotopic (exact) mass is 283 g/mol. The molecule has 0 saturated carbocycles. The Morgan fingerprint density at radius 3 is 2.95 bits per heavy atom. The van der Waals surface area contributed by atoms with Gasteiger partial charge in [-0.1, -0.05) is 6.07 Å². The van der Waals surface area contributed by atoms with E-state index >= 15 is 0 Å². The first-order valence-electron chi connectivity index (χ1n) is 6.91. The van der Waals surface area contributed by atoms with Gasteiger partial charge in [0.05, 0.1) is 6.26 Å². The summed E-state index contributed by atoms with van der Waals surface area (Å²) in [6.45, 7) is 0.427. The summed E-state index contributed by atoms with van der Waals surface area (Å²) in [7, 11) is 0. The summed E-state index contributed by atoms with van der Waals surface area (Å²) in [5.41, 5.74) is 9.05. The van der Waals surface area contributed by atoms with E-state index in [-0.39, 0.29) is 11.9 Å². The molecule has 3 nitrogen and oxygen atoms in total. The lowest BCUT2D eigenvalue weighted by Gasteiger charge is -2.11. The van der Waals surface area contributed by atoms with Crippen molar-refractivity contribution in [1.29, 1.82) is 0 Å². The highest BCUT2D eigenvalue weighted by molar-refractivity contribution is 5.85. The van der Waals surface area contributed by atoms with Crippen molar-refractivity contribution in [1.82, 2.24) is 0 Å². The first-order chi connectivity index (χ1) is 10.2. The lowest BCUT2D eigenvalue weighted by molar-refractivity contribution is 0.242. The SMILES string of the molecule is NC[C@@H]1Cc2cc(F)cc(-c3ccc4occc4c3)c2O1. The van der Waals surface area contributed by atoms with Gasteiger partial charge >= 0.3 is 0 Å². The van der Waals surface area contributed by atoms with E-state index in [0.29, 0.717) is 13.0 Å². The highest BCUT2D eigenvalue weighted by Crippen LogP contribution is 2.40. The molecule has 0 aliphatic carbocycles. The molecule has 2 aromatic carbocycles. The van der Waals surface area contributed by atoms with E-state index in [4.69, 9.17) is 14.9 Å². The average molecular weight is 283 g/mol. The fourth-order valence-corrected chi connectivity index (χ4v) is 2.87. The molecule has 0 unspecified atom stereocenters. The lowest BCUT2D eigenvalue weighted by atomic mass is 9.99. The summed E-state index contributed by atoms with van der Waals surface area (Å²) in [6.07, 6.45) is 2.23. The van der Waals surface area contributed by atoms with Gasteiger partial charge in [0.25, 0.3) is 0 Å². The smallest absolute Gasteiger partial charge is 0.133 e. The van der Waals surface area contributed by atoms with Gasteiger partial charge < -0.3 is 14.9 Å². The van der Waals surface area contributed by atoms with Crippen molar-refractivity contribution < 1.29 is 13.5 Å². The standard InChI is InChI=1S/C17H14FNO2/c18-13-6-12-7-14(9-19)21-17(12)15(8-13)10-1-2-16-11(5-10)3-4-20-16/h1-6,8,14H,7,9,19H2/t14-/m0/s1. The van der Waals surface area contributed by atoms with Crippen molar-refractivity contribution in [3.05, 3.63) is 54.0 Å². The molecule has 0 amide bonds. The first-order valence-corrected chi connectivity index (χ1v) is 6.91. The second kappa shape index (κ2) is 4.60. The van der Waals surface area contributed by atoms with Gasteiger partial charge in [-0.2, -0.15) is 0 Å². The number of hydrogen-bond acceptors (Lipinski definition) is 3. The van der Waals surface area contributed by atoms with Crippen molar-refractivity contribution in [2.45, 2.75) is 12.5 Å². The molecule has 106 valence electrons. The molecular formula is C17H14FNO2. The fourth-order valence-electron chi connectivity index (χ4n) is 2.87. The zero-order chi connectivity index (χ0) is 14.4. The van der Waals surface area contributed by atoms with Crippen LogP contribution in [0.2, 0.25) is 0 Å². The van der Waals surface area contributed by atoms with Crippen LogP contribution < -0.4 is 10.5 Å². The summed E-state index contributed by atoms with van der Waals surface area (Å²) in [6, 6.07) is 10.7. The zero-order valence-electron chi connectivity index (χ0n) is 11.3. The van der Waals surface area contributed by atoms with Crippen LogP contribution in [0.3, 0.4) is 0 Å². The Balaban J connectivity index is 1.88. The first kappa shape index (κ1) is 12.4. The van der Waals surface area contributed by atoms with E-state index in [1.54, 1.807) is 6.26 Å². The van der Waals surface area contributed by atoms with Crippen molar-refractivity contribution in [2.24, 2.45) is 5.73 Å². The van der Waals surface area contributed by atoms with Crippen LogP contribution in [0.15, 0.2) is 47.1 Å². The normalized spacial score (nSPS) is 17.0. The molecule has 1 aliphatic heterocycles. The lowest BCUT2D eigenvalue weighted by Crippen LogP contribution is -2.24. The van der Waals surface area contributed by atoms with Crippen LogP contribution in [0.25, 0.3) is 22.1 Å². The maximum absolute atomic E-state index is 13.9. The van der Waals surface area contributed by atoms with Crippen LogP contribution >= 0.6 is 0 Å². The minimum atomic E-state index is -0.252. The molecule has 2 heterocycles. The molecule has 0 radical (unpaired) electrons. The van der Waals surface area contributed by atoms with Crippen LogP contribution in [-0.2, 0) is 6.42 Å². The predicted octanol–water partition coefficient (Wildman–Crippen LogP) is 3.50. The van der Waals surface area contributed by atoms with Gasteiger partial charge in [0.2, 0.25) is 0 Å². The van der Waals surface area contributed by atoms with Gasteiger partial charge in [-0.3, -0.25) is 0 Å². The van der Waals surface area contributed by atoms with Gasteiger partial charge in [-0.15, -0.1) is 0 Å². The number of benzene rings is 2. The Kier molecular flexibility index (Phi) is 2.72. The molecule has 1 aromatic heterocycles. The third-order valence-electron chi connectivity index (χ3n) is 3.89. The number of nitrogens with two attached hydrogens (primary N) is 1. The van der Waals surface area contributed by atoms with Crippen molar-refractivity contribution >= 4 is 11.0 Å². The number of halogens is 1. The Morgan fingerprint density at radius 2 is 2.10 bits per heavy atom. The van der Waals surface area contributed by atoms with Gasteiger partial charge in [-0.05, 0) is 35.9 Å². The van der Waals surface area contributed by atoms with E-state index < -0.39 is 0 Å². The van der Waals surface area contributed by atoms with E-state index in [9.17, 15) is 4.39 Å². The molecule has 1 atom stereocenters. The van der Waals surface area contributed by atoms with Crippen LogP contribution in [0, 0.1) is 5.82 Å². The highest BCUT2D eigenvalue weighted by atomic mass is 19.1. The van der Waals surface area contributed by atoms with Crippen LogP contribution in [0.1, 0.15) is 5.56 Å². The van der Waals surface area contributed by atoms with E-state index in [1.807, 2.05) is 24.3 Å². The second-order valence-corrected chi connectivity index (χ2v) is 5.29. The van der Waals surface area contributed by atoms with Gasteiger partial charge in [-0.25, -0.2) is 4.39 Å². The third kappa shape index (κ3) is 1.99. The summed E-state index contributed by atoms with van der Waals surface area (Å²) < 4.78 is 25.1. The molecule has 1 aliphatic rings. The number of hydrogen-bond donors (Lipinski definition) is 1. The minimum absolute atomic E-state index is 0.0711. The van der Waals surface area contributed by atoms with Gasteiger partial charge in [0.15, 0.2) is 0 Å². The Bertz CT molecular complexity index is 825. The molecule has 0 bridgehead atoms. The summed E-state index contributed by atoms with van der Waals surface area (Å²) >= 11 is 0. The summed E-state index contributed by atoms with van der Waals surface area (Å²) in [5.74, 6) is 0.493. The van der Waals surface area contributed by atoms with Gasteiger partial charge in [0.1, 0.15) is 23.3 Å². The molecule has 21 heavy (non-hydrogen) atoms. The quantitative estimate of drug-likeness (QED) is 0.783. The topological polar surface area (TPSA) is 48.4 Å². The maximum atomic E-state index is 13.9. The molecular weight excluding hydrogens is 269 g/mol. The number of ether oxygens (including phenoxy) is 1. The minimum Gasteiger partial charge on any atom is -0.488 e. The third-order valence-corrected chi connectivity index (χ3v) is 3.89. The highest BCUT2D eigenvalue weighted by Gasteiger charge is 2.26. The molecule has 4 heteroatoms. The molecule has 3 aromatic rings. The Morgan fingerprint density at radius 1 is 1.19 bits per heavy atom. The zero-order valence-corrected chi connectivity index (χ0v) is 11.3. The molecule has 2 N–H and O–H groups in total. The molecule has 4 rings (SSSR count). The fraction of sp³-hybridized carbons (Fsp3) is 0.176.